The lowest BCUT2D eigenvalue weighted by Crippen LogP contribution is -2.25. The summed E-state index contributed by atoms with van der Waals surface area (Å²) < 4.78 is 0. The standard InChI is InChI=1S/C62H39N3/c1-3-20-40(21-4-1)42-24-7-11-30-50(42)59-63-60(51-31-12-8-25-43(51)41-22-5-2-6-23-41)65-61(64-59)52-39-38-46(44-26-9-10-27-45(44)52)49-33-19-37-57-58(49)53-32-15-18-36-56(53)62(57)54-34-16-13-28-47(54)48-29-14-17-35-55(48)62/h1-39H. The smallest absolute Gasteiger partial charge is 0.164 e. The van der Waals surface area contributed by atoms with Crippen molar-refractivity contribution in [2.45, 2.75) is 5.41 Å². The topological polar surface area (TPSA) is 38.7 Å². The predicted octanol–water partition coefficient (Wildman–Crippen LogP) is 15.4. The largest absolute Gasteiger partial charge is 0.208 e. The zero-order valence-electron chi connectivity index (χ0n) is 35.4. The van der Waals surface area contributed by atoms with Gasteiger partial charge in [-0.3, -0.25) is 0 Å². The number of hydrogen-bond acceptors (Lipinski definition) is 3. The quantitative estimate of drug-likeness (QED) is 0.168. The van der Waals surface area contributed by atoms with Crippen molar-refractivity contribution < 1.29 is 0 Å². The van der Waals surface area contributed by atoms with Gasteiger partial charge in [-0.05, 0) is 94.7 Å². The average molecular weight is 826 g/mol. The van der Waals surface area contributed by atoms with Gasteiger partial charge in [0.2, 0.25) is 0 Å². The van der Waals surface area contributed by atoms with E-state index in [9.17, 15) is 0 Å². The first-order valence-electron chi connectivity index (χ1n) is 22.3. The molecule has 0 bridgehead atoms. The van der Waals surface area contributed by atoms with Gasteiger partial charge in [0.25, 0.3) is 0 Å². The normalized spacial score (nSPS) is 12.7. The minimum absolute atomic E-state index is 0.422. The Kier molecular flexibility index (Phi) is 8.44. The maximum atomic E-state index is 5.40. The minimum Gasteiger partial charge on any atom is -0.208 e. The minimum atomic E-state index is -0.422. The highest BCUT2D eigenvalue weighted by Gasteiger charge is 2.52. The van der Waals surface area contributed by atoms with Gasteiger partial charge < -0.3 is 0 Å². The van der Waals surface area contributed by atoms with Crippen LogP contribution >= 0.6 is 0 Å². The molecule has 13 rings (SSSR count). The molecule has 0 aliphatic heterocycles. The molecule has 0 N–H and O–H groups in total. The van der Waals surface area contributed by atoms with Gasteiger partial charge in [0.15, 0.2) is 17.5 Å². The Balaban J connectivity index is 1.04. The van der Waals surface area contributed by atoms with Crippen molar-refractivity contribution >= 4 is 10.8 Å². The van der Waals surface area contributed by atoms with Gasteiger partial charge in [-0.2, -0.15) is 0 Å². The van der Waals surface area contributed by atoms with Crippen molar-refractivity contribution in [3.8, 4) is 89.8 Å². The summed E-state index contributed by atoms with van der Waals surface area (Å²) in [5.41, 5.74) is 19.7. The Bertz CT molecular complexity index is 3520. The van der Waals surface area contributed by atoms with E-state index < -0.39 is 5.41 Å². The summed E-state index contributed by atoms with van der Waals surface area (Å²) in [5.74, 6) is 1.88. The lowest BCUT2D eigenvalue weighted by atomic mass is 9.70. The second-order valence-corrected chi connectivity index (χ2v) is 17.0. The third-order valence-corrected chi connectivity index (χ3v) is 13.6. The van der Waals surface area contributed by atoms with Crippen LogP contribution < -0.4 is 0 Å². The molecular weight excluding hydrogens is 787 g/mol. The SMILES string of the molecule is c1ccc(-c2ccccc2-c2nc(-c3ccccc3-c3ccccc3)nc(-c3ccc(-c4cccc5c4-c4ccccc4C54c5ccccc5-c5ccccc54)c4ccccc34)n2)cc1. The van der Waals surface area contributed by atoms with E-state index in [1.54, 1.807) is 0 Å². The molecule has 1 spiro atoms. The average Bonchev–Trinajstić information content (AvgIpc) is 3.86. The first kappa shape index (κ1) is 37.1. The van der Waals surface area contributed by atoms with Gasteiger partial charge in [0.05, 0.1) is 5.41 Å². The van der Waals surface area contributed by atoms with E-state index in [0.717, 1.165) is 49.7 Å². The van der Waals surface area contributed by atoms with E-state index in [-0.39, 0.29) is 0 Å². The Morgan fingerprint density at radius 1 is 0.215 bits per heavy atom. The fourth-order valence-corrected chi connectivity index (χ4v) is 10.9. The molecular formula is C62H39N3. The molecule has 1 heterocycles. The summed E-state index contributed by atoms with van der Waals surface area (Å²) in [4.78, 5) is 16.1. The van der Waals surface area contributed by atoms with Crippen LogP contribution in [0.4, 0.5) is 0 Å². The second kappa shape index (κ2) is 14.8. The van der Waals surface area contributed by atoms with E-state index in [4.69, 9.17) is 15.0 Å². The fourth-order valence-electron chi connectivity index (χ4n) is 10.9. The molecule has 0 radical (unpaired) electrons. The molecule has 0 saturated carbocycles. The molecule has 0 unspecified atom stereocenters. The van der Waals surface area contributed by atoms with Gasteiger partial charge in [0.1, 0.15) is 0 Å². The Hall–Kier alpha value is -8.53. The number of rotatable bonds is 6. The monoisotopic (exact) mass is 825 g/mol. The molecule has 0 fully saturated rings. The molecule has 3 nitrogen and oxygen atoms in total. The Labute approximate surface area is 378 Å². The Morgan fingerprint density at radius 3 is 1.11 bits per heavy atom. The molecule has 1 aromatic heterocycles. The fraction of sp³-hybridized carbons (Fsp3) is 0.0161. The molecule has 2 aliphatic carbocycles. The van der Waals surface area contributed by atoms with Crippen LogP contribution in [0, 0.1) is 0 Å². The second-order valence-electron chi connectivity index (χ2n) is 17.0. The first-order valence-corrected chi connectivity index (χ1v) is 22.3. The van der Waals surface area contributed by atoms with Crippen LogP contribution in [-0.2, 0) is 5.41 Å². The number of nitrogens with zero attached hydrogens (tertiary/aromatic N) is 3. The molecule has 0 amide bonds. The first-order chi connectivity index (χ1) is 32.3. The highest BCUT2D eigenvalue weighted by molar-refractivity contribution is 6.09. The summed E-state index contributed by atoms with van der Waals surface area (Å²) in [6.07, 6.45) is 0. The van der Waals surface area contributed by atoms with E-state index in [0.29, 0.717) is 17.5 Å². The van der Waals surface area contributed by atoms with Gasteiger partial charge in [-0.25, -0.2) is 15.0 Å². The number of hydrogen-bond donors (Lipinski definition) is 0. The molecule has 0 atom stereocenters. The lowest BCUT2D eigenvalue weighted by Gasteiger charge is -2.30. The zero-order valence-corrected chi connectivity index (χ0v) is 35.4. The van der Waals surface area contributed by atoms with Gasteiger partial charge in [-0.1, -0.05) is 231 Å². The van der Waals surface area contributed by atoms with Crippen molar-refractivity contribution in [1.29, 1.82) is 0 Å². The van der Waals surface area contributed by atoms with Crippen LogP contribution in [0.15, 0.2) is 237 Å². The van der Waals surface area contributed by atoms with Crippen LogP contribution in [0.5, 0.6) is 0 Å². The van der Waals surface area contributed by atoms with Crippen molar-refractivity contribution in [2.75, 3.05) is 0 Å². The lowest BCUT2D eigenvalue weighted by molar-refractivity contribution is 0.794. The Morgan fingerprint density at radius 2 is 0.569 bits per heavy atom. The third kappa shape index (κ3) is 5.59. The van der Waals surface area contributed by atoms with Crippen LogP contribution in [0.3, 0.4) is 0 Å². The van der Waals surface area contributed by atoms with E-state index in [1.807, 2.05) is 12.1 Å². The van der Waals surface area contributed by atoms with Gasteiger partial charge >= 0.3 is 0 Å². The van der Waals surface area contributed by atoms with Gasteiger partial charge in [-0.15, -0.1) is 0 Å². The maximum Gasteiger partial charge on any atom is 0.164 e. The highest BCUT2D eigenvalue weighted by atomic mass is 15.0. The van der Waals surface area contributed by atoms with E-state index in [1.165, 1.54) is 55.6 Å². The van der Waals surface area contributed by atoms with Crippen molar-refractivity contribution in [2.24, 2.45) is 0 Å². The summed E-state index contributed by atoms with van der Waals surface area (Å²) in [6.45, 7) is 0. The van der Waals surface area contributed by atoms with Crippen LogP contribution in [0.2, 0.25) is 0 Å². The van der Waals surface area contributed by atoms with Crippen molar-refractivity contribution in [3.63, 3.8) is 0 Å². The van der Waals surface area contributed by atoms with Crippen molar-refractivity contribution in [1.82, 2.24) is 15.0 Å². The molecule has 2 aliphatic rings. The zero-order chi connectivity index (χ0) is 42.9. The van der Waals surface area contributed by atoms with Crippen LogP contribution in [0.1, 0.15) is 22.3 Å². The van der Waals surface area contributed by atoms with Crippen LogP contribution in [-0.4, -0.2) is 15.0 Å². The molecule has 11 aromatic rings. The summed E-state index contributed by atoms with van der Waals surface area (Å²) in [7, 11) is 0. The number of fused-ring (bicyclic) bond motifs is 11. The van der Waals surface area contributed by atoms with E-state index in [2.05, 4.69) is 224 Å². The number of benzene rings is 10. The van der Waals surface area contributed by atoms with Crippen molar-refractivity contribution in [3.05, 3.63) is 259 Å². The molecule has 302 valence electrons. The van der Waals surface area contributed by atoms with E-state index >= 15 is 0 Å². The summed E-state index contributed by atoms with van der Waals surface area (Å²) >= 11 is 0. The molecule has 10 aromatic carbocycles. The molecule has 0 saturated heterocycles. The summed E-state index contributed by atoms with van der Waals surface area (Å²) in [6, 6.07) is 85.0. The molecule has 3 heteroatoms. The predicted molar refractivity (Wildman–Crippen MR) is 266 cm³/mol. The van der Waals surface area contributed by atoms with Crippen LogP contribution in [0.25, 0.3) is 101 Å². The third-order valence-electron chi connectivity index (χ3n) is 13.6. The number of aromatic nitrogens is 3. The van der Waals surface area contributed by atoms with Gasteiger partial charge in [0, 0.05) is 16.7 Å². The highest BCUT2D eigenvalue weighted by Crippen LogP contribution is 2.64. The maximum absolute atomic E-state index is 5.40. The molecule has 65 heavy (non-hydrogen) atoms. The summed E-state index contributed by atoms with van der Waals surface area (Å²) in [5, 5.41) is 2.22.